The molecule has 0 heterocycles. The van der Waals surface area contributed by atoms with Crippen molar-refractivity contribution >= 4 is 11.5 Å². The Labute approximate surface area is 113 Å². The molecule has 3 atom stereocenters. The van der Waals surface area contributed by atoms with Crippen LogP contribution in [0.4, 0.5) is 5.69 Å². The highest BCUT2D eigenvalue weighted by Gasteiger charge is 2.39. The van der Waals surface area contributed by atoms with Gasteiger partial charge in [-0.05, 0) is 24.3 Å². The quantitative estimate of drug-likeness (QED) is 0.613. The zero-order valence-corrected chi connectivity index (χ0v) is 11.3. The monoisotopic (exact) mass is 261 g/mol. The molecule has 4 heteroatoms. The van der Waals surface area contributed by atoms with Crippen molar-refractivity contribution in [3.05, 3.63) is 39.9 Å². The van der Waals surface area contributed by atoms with Crippen molar-refractivity contribution in [3.8, 4) is 0 Å². The molecule has 1 aliphatic carbocycles. The normalized spacial score (nSPS) is 26.6. The third-order valence-corrected chi connectivity index (χ3v) is 4.16. The molecule has 1 fully saturated rings. The number of nitrogens with zero attached hydrogens (tertiary/aromatic N) is 1. The Morgan fingerprint density at radius 3 is 2.47 bits per heavy atom. The van der Waals surface area contributed by atoms with E-state index in [-0.39, 0.29) is 23.4 Å². The van der Waals surface area contributed by atoms with Gasteiger partial charge >= 0.3 is 0 Å². The summed E-state index contributed by atoms with van der Waals surface area (Å²) in [4.78, 5) is 22.4. The molecule has 0 saturated heterocycles. The Bertz CT molecular complexity index is 481. The molecule has 102 valence electrons. The second-order valence-corrected chi connectivity index (χ2v) is 5.37. The minimum atomic E-state index is -0.396. The van der Waals surface area contributed by atoms with E-state index in [2.05, 4.69) is 6.92 Å². The smallest absolute Gasteiger partial charge is 0.269 e. The first kappa shape index (κ1) is 13.7. The number of hydrogen-bond acceptors (Lipinski definition) is 3. The number of benzene rings is 1. The number of non-ortho nitro benzene ring substituents is 1. The van der Waals surface area contributed by atoms with Crippen LogP contribution in [0.2, 0.25) is 0 Å². The maximum absolute atomic E-state index is 12.1. The second-order valence-electron chi connectivity index (χ2n) is 5.37. The van der Waals surface area contributed by atoms with Gasteiger partial charge in [0.1, 0.15) is 5.78 Å². The predicted molar refractivity (Wildman–Crippen MR) is 73.0 cm³/mol. The molecule has 0 radical (unpaired) electrons. The van der Waals surface area contributed by atoms with E-state index in [1.165, 1.54) is 12.1 Å². The van der Waals surface area contributed by atoms with Gasteiger partial charge in [-0.3, -0.25) is 14.9 Å². The molecule has 0 bridgehead atoms. The summed E-state index contributed by atoms with van der Waals surface area (Å²) < 4.78 is 0. The van der Waals surface area contributed by atoms with Crippen molar-refractivity contribution in [2.24, 2.45) is 11.8 Å². The fraction of sp³-hybridized carbons (Fsp3) is 0.533. The van der Waals surface area contributed by atoms with E-state index in [0.29, 0.717) is 5.78 Å². The molecular formula is C15H19NO3. The van der Waals surface area contributed by atoms with Crippen molar-refractivity contribution in [2.45, 2.75) is 39.0 Å². The van der Waals surface area contributed by atoms with E-state index >= 15 is 0 Å². The topological polar surface area (TPSA) is 60.2 Å². The van der Waals surface area contributed by atoms with Crippen molar-refractivity contribution in [1.82, 2.24) is 0 Å². The number of carbonyl (C=O) groups excluding carboxylic acids is 1. The lowest BCUT2D eigenvalue weighted by Crippen LogP contribution is -2.13. The van der Waals surface area contributed by atoms with Gasteiger partial charge in [0, 0.05) is 24.0 Å². The molecule has 1 aliphatic rings. The minimum absolute atomic E-state index is 0.0259. The van der Waals surface area contributed by atoms with E-state index in [9.17, 15) is 14.9 Å². The van der Waals surface area contributed by atoms with Crippen LogP contribution in [0.5, 0.6) is 0 Å². The molecule has 0 N–H and O–H groups in total. The first-order valence-electron chi connectivity index (χ1n) is 6.82. The summed E-state index contributed by atoms with van der Waals surface area (Å²) in [6.07, 6.45) is 2.86. The van der Waals surface area contributed by atoms with Gasteiger partial charge in [0.05, 0.1) is 4.92 Å². The standard InChI is InChI=1S/C15H19NO3/c1-3-4-12-9-14(10(2)15(12)17)11-5-7-13(8-6-11)16(18)19/h5-8,10,12,14H,3-4,9H2,1-2H3. The molecule has 1 saturated carbocycles. The number of nitro groups is 1. The Morgan fingerprint density at radius 1 is 1.32 bits per heavy atom. The molecule has 0 amide bonds. The third kappa shape index (κ3) is 2.67. The predicted octanol–water partition coefficient (Wildman–Crippen LogP) is 3.70. The minimum Gasteiger partial charge on any atom is -0.299 e. The van der Waals surface area contributed by atoms with Crippen LogP contribution < -0.4 is 0 Å². The Hall–Kier alpha value is -1.71. The van der Waals surface area contributed by atoms with E-state index in [1.54, 1.807) is 12.1 Å². The summed E-state index contributed by atoms with van der Waals surface area (Å²) in [5.41, 5.74) is 1.15. The fourth-order valence-corrected chi connectivity index (χ4v) is 3.07. The van der Waals surface area contributed by atoms with Gasteiger partial charge in [-0.25, -0.2) is 0 Å². The molecule has 0 spiro atoms. The van der Waals surface area contributed by atoms with Crippen LogP contribution in [-0.4, -0.2) is 10.7 Å². The van der Waals surface area contributed by atoms with Gasteiger partial charge in [0.2, 0.25) is 0 Å². The lowest BCUT2D eigenvalue weighted by Gasteiger charge is -2.13. The van der Waals surface area contributed by atoms with Gasteiger partial charge in [0.15, 0.2) is 0 Å². The first-order valence-corrected chi connectivity index (χ1v) is 6.82. The molecule has 4 nitrogen and oxygen atoms in total. The Morgan fingerprint density at radius 2 is 1.95 bits per heavy atom. The average Bonchev–Trinajstić information content (AvgIpc) is 2.68. The fourth-order valence-electron chi connectivity index (χ4n) is 3.07. The van der Waals surface area contributed by atoms with Crippen LogP contribution in [0, 0.1) is 22.0 Å². The molecule has 3 unspecified atom stereocenters. The summed E-state index contributed by atoms with van der Waals surface area (Å²) in [5, 5.41) is 10.6. The van der Waals surface area contributed by atoms with Crippen LogP contribution in [0.25, 0.3) is 0 Å². The van der Waals surface area contributed by atoms with Crippen LogP contribution >= 0.6 is 0 Å². The van der Waals surface area contributed by atoms with Gasteiger partial charge in [-0.15, -0.1) is 0 Å². The summed E-state index contributed by atoms with van der Waals surface area (Å²) in [6.45, 7) is 4.07. The lowest BCUT2D eigenvalue weighted by molar-refractivity contribution is -0.384. The van der Waals surface area contributed by atoms with Crippen molar-refractivity contribution in [3.63, 3.8) is 0 Å². The van der Waals surface area contributed by atoms with Gasteiger partial charge in [-0.2, -0.15) is 0 Å². The lowest BCUT2D eigenvalue weighted by atomic mass is 9.90. The Kier molecular flexibility index (Phi) is 3.98. The zero-order chi connectivity index (χ0) is 14.0. The van der Waals surface area contributed by atoms with Crippen LogP contribution in [-0.2, 0) is 4.79 Å². The third-order valence-electron chi connectivity index (χ3n) is 4.16. The largest absolute Gasteiger partial charge is 0.299 e. The maximum atomic E-state index is 12.1. The SMILES string of the molecule is CCCC1CC(c2ccc([N+](=O)[O-])cc2)C(C)C1=O. The number of hydrogen-bond donors (Lipinski definition) is 0. The summed E-state index contributed by atoms with van der Waals surface area (Å²) in [7, 11) is 0. The Balaban J connectivity index is 2.18. The number of nitro benzene ring substituents is 1. The maximum Gasteiger partial charge on any atom is 0.269 e. The van der Waals surface area contributed by atoms with E-state index in [0.717, 1.165) is 24.8 Å². The molecular weight excluding hydrogens is 242 g/mol. The number of carbonyl (C=O) groups is 1. The van der Waals surface area contributed by atoms with E-state index in [4.69, 9.17) is 0 Å². The molecule has 1 aromatic rings. The summed E-state index contributed by atoms with van der Waals surface area (Å²) in [5.74, 6) is 0.758. The van der Waals surface area contributed by atoms with Gasteiger partial charge in [0.25, 0.3) is 5.69 Å². The summed E-state index contributed by atoms with van der Waals surface area (Å²) >= 11 is 0. The molecule has 19 heavy (non-hydrogen) atoms. The van der Waals surface area contributed by atoms with Crippen molar-refractivity contribution < 1.29 is 9.72 Å². The number of rotatable bonds is 4. The highest BCUT2D eigenvalue weighted by atomic mass is 16.6. The highest BCUT2D eigenvalue weighted by Crippen LogP contribution is 2.42. The molecule has 1 aromatic carbocycles. The molecule has 2 rings (SSSR count). The highest BCUT2D eigenvalue weighted by molar-refractivity contribution is 5.86. The zero-order valence-electron chi connectivity index (χ0n) is 11.3. The number of Topliss-reactive ketones (excluding diaryl/α,β-unsaturated/α-hetero) is 1. The van der Waals surface area contributed by atoms with E-state index in [1.807, 2.05) is 6.92 Å². The van der Waals surface area contributed by atoms with Crippen LogP contribution in [0.3, 0.4) is 0 Å². The van der Waals surface area contributed by atoms with Crippen molar-refractivity contribution in [2.75, 3.05) is 0 Å². The molecule has 0 aliphatic heterocycles. The van der Waals surface area contributed by atoms with E-state index < -0.39 is 4.92 Å². The number of ketones is 1. The van der Waals surface area contributed by atoms with Crippen LogP contribution in [0.15, 0.2) is 24.3 Å². The second kappa shape index (κ2) is 5.51. The van der Waals surface area contributed by atoms with Crippen LogP contribution in [0.1, 0.15) is 44.6 Å². The van der Waals surface area contributed by atoms with Gasteiger partial charge < -0.3 is 0 Å². The van der Waals surface area contributed by atoms with Gasteiger partial charge in [-0.1, -0.05) is 32.4 Å². The van der Waals surface area contributed by atoms with Crippen molar-refractivity contribution in [1.29, 1.82) is 0 Å². The first-order chi connectivity index (χ1) is 9.04. The molecule has 0 aromatic heterocycles. The average molecular weight is 261 g/mol. The summed E-state index contributed by atoms with van der Waals surface area (Å²) in [6, 6.07) is 6.64.